The Morgan fingerprint density at radius 2 is 1.43 bits per heavy atom. The molecule has 0 aromatic heterocycles. The van der Waals surface area contributed by atoms with Gasteiger partial charge in [0.2, 0.25) is 5.91 Å². The van der Waals surface area contributed by atoms with Crippen molar-refractivity contribution in [1.82, 2.24) is 10.6 Å². The predicted molar refractivity (Wildman–Crippen MR) is 100 cm³/mol. The second-order valence-corrected chi connectivity index (χ2v) is 6.03. The van der Waals surface area contributed by atoms with Crippen molar-refractivity contribution in [2.24, 2.45) is 0 Å². The van der Waals surface area contributed by atoms with Crippen molar-refractivity contribution < 1.29 is 29.3 Å². The molecule has 0 aliphatic carbocycles. The summed E-state index contributed by atoms with van der Waals surface area (Å²) in [6, 6.07) is 15.2. The molecule has 2 amide bonds. The number of nitrogens with one attached hydrogen (secondary N) is 2. The molecule has 0 saturated heterocycles. The second-order valence-electron chi connectivity index (χ2n) is 6.03. The van der Waals surface area contributed by atoms with Gasteiger partial charge in [0.05, 0.1) is 6.61 Å². The van der Waals surface area contributed by atoms with Crippen LogP contribution < -0.4 is 10.6 Å². The highest BCUT2D eigenvalue weighted by atomic mass is 16.5. The van der Waals surface area contributed by atoms with E-state index in [1.807, 2.05) is 6.07 Å². The summed E-state index contributed by atoms with van der Waals surface area (Å²) in [5.74, 6) is -2.04. The number of aliphatic carboxylic acids is 1. The van der Waals surface area contributed by atoms with Gasteiger partial charge in [-0.25, -0.2) is 9.59 Å². The van der Waals surface area contributed by atoms with Gasteiger partial charge < -0.3 is 25.6 Å². The first kappa shape index (κ1) is 20.9. The maximum atomic E-state index is 12.3. The normalized spacial score (nSPS) is 12.5. The lowest BCUT2D eigenvalue weighted by molar-refractivity contribution is -0.142. The van der Waals surface area contributed by atoms with Crippen LogP contribution in [-0.4, -0.2) is 46.9 Å². The van der Waals surface area contributed by atoms with Gasteiger partial charge in [0.25, 0.3) is 0 Å². The molecule has 2 aromatic rings. The third kappa shape index (κ3) is 6.73. The Hall–Kier alpha value is -3.39. The van der Waals surface area contributed by atoms with Crippen LogP contribution in [0.15, 0.2) is 60.7 Å². The van der Waals surface area contributed by atoms with E-state index in [-0.39, 0.29) is 13.0 Å². The van der Waals surface area contributed by atoms with E-state index in [9.17, 15) is 24.6 Å². The number of carbonyl (C=O) groups is 3. The van der Waals surface area contributed by atoms with Crippen molar-refractivity contribution in [3.05, 3.63) is 71.8 Å². The Labute approximate surface area is 162 Å². The van der Waals surface area contributed by atoms with Crippen LogP contribution in [0.3, 0.4) is 0 Å². The zero-order chi connectivity index (χ0) is 20.4. The van der Waals surface area contributed by atoms with Gasteiger partial charge in [-0.2, -0.15) is 0 Å². The third-order valence-corrected chi connectivity index (χ3v) is 3.90. The Balaban J connectivity index is 1.89. The second kappa shape index (κ2) is 10.7. The first-order chi connectivity index (χ1) is 13.5. The van der Waals surface area contributed by atoms with E-state index < -0.39 is 36.7 Å². The van der Waals surface area contributed by atoms with E-state index in [1.54, 1.807) is 54.6 Å². The van der Waals surface area contributed by atoms with Gasteiger partial charge in [-0.3, -0.25) is 4.79 Å². The molecule has 0 aliphatic heterocycles. The standard InChI is InChI=1S/C20H22N2O6/c23-12-17(22-20(27)28-13-15-9-5-2-6-10-15)18(24)21-16(19(25)26)11-14-7-3-1-4-8-14/h1-10,16-17,23H,11-13H2,(H,21,24)(H,22,27)(H,25,26). The van der Waals surface area contributed by atoms with Crippen molar-refractivity contribution >= 4 is 18.0 Å². The van der Waals surface area contributed by atoms with E-state index in [0.717, 1.165) is 11.1 Å². The van der Waals surface area contributed by atoms with Crippen LogP contribution in [-0.2, 0) is 27.4 Å². The molecule has 0 fully saturated rings. The highest BCUT2D eigenvalue weighted by Crippen LogP contribution is 2.04. The van der Waals surface area contributed by atoms with Crippen molar-refractivity contribution in [3.63, 3.8) is 0 Å². The summed E-state index contributed by atoms with van der Waals surface area (Å²) in [7, 11) is 0. The summed E-state index contributed by atoms with van der Waals surface area (Å²) in [6.45, 7) is -0.706. The average molecular weight is 386 g/mol. The molecular formula is C20H22N2O6. The van der Waals surface area contributed by atoms with Crippen molar-refractivity contribution in [2.45, 2.75) is 25.1 Å². The van der Waals surface area contributed by atoms with E-state index in [4.69, 9.17) is 4.74 Å². The van der Waals surface area contributed by atoms with Crippen molar-refractivity contribution in [2.75, 3.05) is 6.61 Å². The highest BCUT2D eigenvalue weighted by Gasteiger charge is 2.26. The molecule has 0 bridgehead atoms. The van der Waals surface area contributed by atoms with Crippen LogP contribution >= 0.6 is 0 Å². The molecule has 0 aliphatic rings. The average Bonchev–Trinajstić information content (AvgIpc) is 2.71. The molecule has 148 valence electrons. The summed E-state index contributed by atoms with van der Waals surface area (Å²) < 4.78 is 5.00. The van der Waals surface area contributed by atoms with Crippen molar-refractivity contribution in [3.8, 4) is 0 Å². The minimum absolute atomic E-state index is 0.00179. The lowest BCUT2D eigenvalue weighted by Gasteiger charge is -2.20. The minimum atomic E-state index is -1.33. The summed E-state index contributed by atoms with van der Waals surface area (Å²) in [4.78, 5) is 35.6. The van der Waals surface area contributed by atoms with Crippen LogP contribution in [0, 0.1) is 0 Å². The van der Waals surface area contributed by atoms with Crippen LogP contribution in [0.25, 0.3) is 0 Å². The monoisotopic (exact) mass is 386 g/mol. The van der Waals surface area contributed by atoms with Crippen LogP contribution in [0.1, 0.15) is 11.1 Å². The van der Waals surface area contributed by atoms with E-state index >= 15 is 0 Å². The minimum Gasteiger partial charge on any atom is -0.480 e. The number of carboxylic acids is 1. The molecule has 0 heterocycles. The lowest BCUT2D eigenvalue weighted by Crippen LogP contribution is -2.53. The number of hydrogen-bond donors (Lipinski definition) is 4. The number of hydrogen-bond acceptors (Lipinski definition) is 5. The van der Waals surface area contributed by atoms with Crippen LogP contribution in [0.5, 0.6) is 0 Å². The van der Waals surface area contributed by atoms with Gasteiger partial charge >= 0.3 is 12.1 Å². The van der Waals surface area contributed by atoms with Gasteiger partial charge in [-0.15, -0.1) is 0 Å². The number of amides is 2. The van der Waals surface area contributed by atoms with E-state index in [2.05, 4.69) is 10.6 Å². The smallest absolute Gasteiger partial charge is 0.408 e. The molecule has 2 aromatic carbocycles. The maximum absolute atomic E-state index is 12.3. The molecule has 2 rings (SSSR count). The third-order valence-electron chi connectivity index (χ3n) is 3.90. The number of carbonyl (C=O) groups excluding carboxylic acids is 2. The fourth-order valence-electron chi connectivity index (χ4n) is 2.42. The number of ether oxygens (including phenoxy) is 1. The number of carboxylic acid groups (broad SMARTS) is 1. The Morgan fingerprint density at radius 3 is 1.96 bits per heavy atom. The summed E-state index contributed by atoms with van der Waals surface area (Å²) in [6.07, 6.45) is -0.827. The van der Waals surface area contributed by atoms with E-state index in [0.29, 0.717) is 0 Å². The quantitative estimate of drug-likeness (QED) is 0.511. The Morgan fingerprint density at radius 1 is 0.857 bits per heavy atom. The zero-order valence-corrected chi connectivity index (χ0v) is 15.1. The SMILES string of the molecule is O=C(NC(CO)C(=O)NC(Cc1ccccc1)C(=O)O)OCc1ccccc1. The molecule has 0 spiro atoms. The fourth-order valence-corrected chi connectivity index (χ4v) is 2.42. The maximum Gasteiger partial charge on any atom is 0.408 e. The molecular weight excluding hydrogens is 364 g/mol. The number of aliphatic hydroxyl groups excluding tert-OH is 1. The molecule has 4 N–H and O–H groups in total. The Kier molecular flexibility index (Phi) is 7.98. The van der Waals surface area contributed by atoms with E-state index in [1.165, 1.54) is 0 Å². The summed E-state index contributed by atoms with van der Waals surface area (Å²) >= 11 is 0. The predicted octanol–water partition coefficient (Wildman–Crippen LogP) is 1.09. The van der Waals surface area contributed by atoms with Gasteiger partial charge in [0.15, 0.2) is 0 Å². The lowest BCUT2D eigenvalue weighted by atomic mass is 10.1. The van der Waals surface area contributed by atoms with Gasteiger partial charge in [-0.1, -0.05) is 60.7 Å². The highest BCUT2D eigenvalue weighted by molar-refractivity contribution is 5.89. The van der Waals surface area contributed by atoms with Crippen LogP contribution in [0.2, 0.25) is 0 Å². The van der Waals surface area contributed by atoms with Crippen LogP contribution in [0.4, 0.5) is 4.79 Å². The van der Waals surface area contributed by atoms with Crippen molar-refractivity contribution in [1.29, 1.82) is 0 Å². The number of benzene rings is 2. The Bertz CT molecular complexity index is 782. The topological polar surface area (TPSA) is 125 Å². The molecule has 0 saturated carbocycles. The number of rotatable bonds is 9. The molecule has 8 heteroatoms. The molecule has 8 nitrogen and oxygen atoms in total. The largest absolute Gasteiger partial charge is 0.480 e. The molecule has 0 radical (unpaired) electrons. The van der Waals surface area contributed by atoms with Gasteiger partial charge in [0, 0.05) is 6.42 Å². The molecule has 28 heavy (non-hydrogen) atoms. The summed E-state index contributed by atoms with van der Waals surface area (Å²) in [5.41, 5.74) is 1.49. The fraction of sp³-hybridized carbons (Fsp3) is 0.250. The summed E-state index contributed by atoms with van der Waals surface area (Å²) in [5, 5.41) is 23.3. The first-order valence-electron chi connectivity index (χ1n) is 8.64. The number of alkyl carbamates (subject to hydrolysis) is 1. The molecule has 2 atom stereocenters. The number of aliphatic hydroxyl groups is 1. The zero-order valence-electron chi connectivity index (χ0n) is 15.1. The van der Waals surface area contributed by atoms with Gasteiger partial charge in [0.1, 0.15) is 18.7 Å². The first-order valence-corrected chi connectivity index (χ1v) is 8.64. The molecule has 2 unspecified atom stereocenters. The van der Waals surface area contributed by atoms with Gasteiger partial charge in [-0.05, 0) is 11.1 Å².